The van der Waals surface area contributed by atoms with Gasteiger partial charge in [-0.05, 0) is 36.8 Å². The Bertz CT molecular complexity index is 704. The molecule has 5 nitrogen and oxygen atoms in total. The van der Waals surface area contributed by atoms with Crippen LogP contribution in [0.2, 0.25) is 0 Å². The molecule has 1 unspecified atom stereocenters. The van der Waals surface area contributed by atoms with Crippen molar-refractivity contribution in [3.8, 4) is 0 Å². The largest absolute Gasteiger partial charge is 0.344 e. The molecule has 2 amide bonds. The van der Waals surface area contributed by atoms with Gasteiger partial charge in [0.15, 0.2) is 13.1 Å². The van der Waals surface area contributed by atoms with Crippen LogP contribution in [0, 0.1) is 0 Å². The molecule has 7 heteroatoms. The van der Waals surface area contributed by atoms with E-state index in [2.05, 4.69) is 10.6 Å². The molecule has 0 aliphatic rings. The number of thiophene rings is 1. The predicted octanol–water partition coefficient (Wildman–Crippen LogP) is 1.80. The van der Waals surface area contributed by atoms with E-state index in [1.807, 2.05) is 62.0 Å². The normalized spacial score (nSPS) is 13.1. The molecule has 0 saturated carbocycles. The molecule has 0 aliphatic carbocycles. The smallest absolute Gasteiger partial charge is 0.279 e. The minimum Gasteiger partial charge on any atom is -0.344 e. The molecule has 0 aliphatic heterocycles. The van der Waals surface area contributed by atoms with Crippen LogP contribution in [0.4, 0.5) is 5.69 Å². The second-order valence-electron chi connectivity index (χ2n) is 5.86. The van der Waals surface area contributed by atoms with E-state index in [1.165, 1.54) is 0 Å². The van der Waals surface area contributed by atoms with Crippen molar-refractivity contribution >= 4 is 40.6 Å². The summed E-state index contributed by atoms with van der Waals surface area (Å²) in [5, 5.41) is 7.88. The molecule has 134 valence electrons. The van der Waals surface area contributed by atoms with E-state index in [1.54, 1.807) is 23.1 Å². The second-order valence-corrected chi connectivity index (χ2v) is 7.69. The van der Waals surface area contributed by atoms with Crippen LogP contribution in [0.1, 0.15) is 17.8 Å². The van der Waals surface area contributed by atoms with Crippen molar-refractivity contribution < 1.29 is 14.5 Å². The van der Waals surface area contributed by atoms with E-state index >= 15 is 0 Å². The number of amides is 2. The van der Waals surface area contributed by atoms with Crippen LogP contribution in [0.15, 0.2) is 46.7 Å². The Balaban J connectivity index is 1.79. The van der Waals surface area contributed by atoms with Gasteiger partial charge in [0.05, 0.1) is 18.8 Å². The zero-order chi connectivity index (χ0) is 18.2. The molecule has 2 rings (SSSR count). The summed E-state index contributed by atoms with van der Waals surface area (Å²) in [6.45, 7) is 2.46. The van der Waals surface area contributed by atoms with Crippen LogP contribution < -0.4 is 15.5 Å². The van der Waals surface area contributed by atoms with Gasteiger partial charge in [0.25, 0.3) is 11.8 Å². The molecule has 3 N–H and O–H groups in total. The van der Waals surface area contributed by atoms with Crippen molar-refractivity contribution in [1.29, 1.82) is 0 Å². The van der Waals surface area contributed by atoms with E-state index in [9.17, 15) is 9.59 Å². The fourth-order valence-corrected chi connectivity index (χ4v) is 3.74. The van der Waals surface area contributed by atoms with Crippen LogP contribution in [0.25, 0.3) is 0 Å². The van der Waals surface area contributed by atoms with Gasteiger partial charge in [-0.2, -0.15) is 0 Å². The number of benzene rings is 1. The first kappa shape index (κ1) is 19.5. The number of carbonyl (C=O) groups excluding carboxylic acids is 2. The van der Waals surface area contributed by atoms with Crippen LogP contribution in [0.5, 0.6) is 0 Å². The number of hydrogen-bond acceptors (Lipinski definition) is 4. The zero-order valence-corrected chi connectivity index (χ0v) is 16.3. The monoisotopic (exact) mass is 378 g/mol. The van der Waals surface area contributed by atoms with Crippen molar-refractivity contribution in [2.24, 2.45) is 0 Å². The van der Waals surface area contributed by atoms with Crippen LogP contribution in [-0.2, 0) is 9.59 Å². The zero-order valence-electron chi connectivity index (χ0n) is 14.7. The summed E-state index contributed by atoms with van der Waals surface area (Å²) in [6, 6.07) is 11.6. The highest BCUT2D eigenvalue weighted by Crippen LogP contribution is 2.24. The van der Waals surface area contributed by atoms with E-state index in [0.29, 0.717) is 0 Å². The molecular formula is C18H24N3O2S2+. The Labute approximate surface area is 156 Å². The van der Waals surface area contributed by atoms with Crippen LogP contribution >= 0.6 is 23.1 Å². The lowest BCUT2D eigenvalue weighted by Gasteiger charge is -2.16. The Morgan fingerprint density at radius 1 is 1.16 bits per heavy atom. The Hall–Kier alpha value is -1.83. The number of para-hydroxylation sites is 1. The lowest BCUT2D eigenvalue weighted by Crippen LogP contribution is -3.11. The number of thioether (sulfide) groups is 1. The molecule has 0 spiro atoms. The molecule has 1 aromatic carbocycles. The Morgan fingerprint density at radius 3 is 2.56 bits per heavy atom. The van der Waals surface area contributed by atoms with Crippen molar-refractivity contribution in [1.82, 2.24) is 5.32 Å². The topological polar surface area (TPSA) is 62.6 Å². The van der Waals surface area contributed by atoms with Crippen LogP contribution in [-0.4, -0.2) is 38.2 Å². The SMILES string of the molecule is CSc1ccccc1NC(=O)C[NH+](C)CC(=O)N[C@@H](C)c1cccs1. The maximum atomic E-state index is 12.2. The first-order valence-corrected chi connectivity index (χ1v) is 10.2. The average Bonchev–Trinajstić information content (AvgIpc) is 3.09. The van der Waals surface area contributed by atoms with E-state index in [0.717, 1.165) is 20.4 Å². The Morgan fingerprint density at radius 2 is 1.88 bits per heavy atom. The molecule has 0 saturated heterocycles. The summed E-state index contributed by atoms with van der Waals surface area (Å²) in [7, 11) is 1.84. The number of rotatable bonds is 8. The highest BCUT2D eigenvalue weighted by molar-refractivity contribution is 7.98. The third-order valence-corrected chi connectivity index (χ3v) is 5.50. The number of carbonyl (C=O) groups is 2. The van der Waals surface area contributed by atoms with Gasteiger partial charge in [-0.15, -0.1) is 23.1 Å². The molecule has 25 heavy (non-hydrogen) atoms. The van der Waals surface area contributed by atoms with Crippen molar-refractivity contribution in [2.45, 2.75) is 17.9 Å². The van der Waals surface area contributed by atoms with Crippen molar-refractivity contribution in [3.05, 3.63) is 46.7 Å². The number of anilines is 1. The van der Waals surface area contributed by atoms with Gasteiger partial charge >= 0.3 is 0 Å². The fraction of sp³-hybridized carbons (Fsp3) is 0.333. The molecule has 1 aromatic heterocycles. The van der Waals surface area contributed by atoms with Gasteiger partial charge in [-0.1, -0.05) is 18.2 Å². The van der Waals surface area contributed by atoms with Crippen molar-refractivity contribution in [2.75, 3.05) is 31.7 Å². The third kappa shape index (κ3) is 6.19. The molecule has 1 heterocycles. The number of quaternary nitrogens is 1. The third-order valence-electron chi connectivity index (χ3n) is 3.65. The molecular weight excluding hydrogens is 354 g/mol. The maximum Gasteiger partial charge on any atom is 0.279 e. The summed E-state index contributed by atoms with van der Waals surface area (Å²) < 4.78 is 0. The lowest BCUT2D eigenvalue weighted by atomic mass is 10.2. The van der Waals surface area contributed by atoms with Gasteiger partial charge in [-0.25, -0.2) is 0 Å². The molecule has 2 aromatic rings. The van der Waals surface area contributed by atoms with E-state index in [4.69, 9.17) is 0 Å². The Kier molecular flexibility index (Phi) is 7.49. The average molecular weight is 379 g/mol. The minimum atomic E-state index is -0.0990. The summed E-state index contributed by atoms with van der Waals surface area (Å²) in [5.41, 5.74) is 0.809. The van der Waals surface area contributed by atoms with E-state index < -0.39 is 0 Å². The number of hydrogen-bond donors (Lipinski definition) is 3. The standard InChI is InChI=1S/C18H23N3O2S2/c1-13(15-9-6-10-25-15)19-17(22)11-21(2)12-18(23)20-14-7-4-5-8-16(14)24-3/h4-10,13H,11-12H2,1-3H3,(H,19,22)(H,20,23)/p+1/t13-/m0/s1. The summed E-state index contributed by atoms with van der Waals surface area (Å²) in [4.78, 5) is 27.3. The van der Waals surface area contributed by atoms with E-state index in [-0.39, 0.29) is 30.9 Å². The van der Waals surface area contributed by atoms with Gasteiger partial charge in [0.1, 0.15) is 0 Å². The second kappa shape index (κ2) is 9.60. The van der Waals surface area contributed by atoms with Gasteiger partial charge in [-0.3, -0.25) is 9.59 Å². The number of likely N-dealkylation sites (N-methyl/N-ethyl adjacent to an activating group) is 1. The van der Waals surface area contributed by atoms with Gasteiger partial charge < -0.3 is 15.5 Å². The van der Waals surface area contributed by atoms with Crippen molar-refractivity contribution in [3.63, 3.8) is 0 Å². The summed E-state index contributed by atoms with van der Waals surface area (Å²) >= 11 is 3.21. The fourth-order valence-electron chi connectivity index (χ4n) is 2.45. The first-order chi connectivity index (χ1) is 12.0. The summed E-state index contributed by atoms with van der Waals surface area (Å²) in [6.07, 6.45) is 1.97. The van der Waals surface area contributed by atoms with Crippen LogP contribution in [0.3, 0.4) is 0 Å². The lowest BCUT2D eigenvalue weighted by molar-refractivity contribution is -0.862. The number of nitrogens with one attached hydrogen (secondary N) is 3. The first-order valence-electron chi connectivity index (χ1n) is 8.06. The highest BCUT2D eigenvalue weighted by atomic mass is 32.2. The van der Waals surface area contributed by atoms with Gasteiger partial charge in [0.2, 0.25) is 0 Å². The minimum absolute atomic E-state index is 0.0115. The predicted molar refractivity (Wildman–Crippen MR) is 104 cm³/mol. The summed E-state index contributed by atoms with van der Waals surface area (Å²) in [5.74, 6) is -0.159. The molecule has 0 bridgehead atoms. The molecule has 0 radical (unpaired) electrons. The molecule has 0 fully saturated rings. The molecule has 2 atom stereocenters. The van der Waals surface area contributed by atoms with Gasteiger partial charge in [0, 0.05) is 9.77 Å². The maximum absolute atomic E-state index is 12.2. The highest BCUT2D eigenvalue weighted by Gasteiger charge is 2.17. The quantitative estimate of drug-likeness (QED) is 0.614.